The first kappa shape index (κ1) is 20.2. The summed E-state index contributed by atoms with van der Waals surface area (Å²) >= 11 is 6.11. The maximum absolute atomic E-state index is 14.3. The highest BCUT2D eigenvalue weighted by atomic mass is 35.5. The summed E-state index contributed by atoms with van der Waals surface area (Å²) in [5, 5.41) is 4.67. The molecule has 3 heterocycles. The number of urea groups is 1. The van der Waals surface area contributed by atoms with Crippen LogP contribution in [0.15, 0.2) is 23.2 Å². The van der Waals surface area contributed by atoms with Crippen LogP contribution in [0.2, 0.25) is 5.02 Å². The molecule has 0 N–H and O–H groups in total. The number of aliphatic imine (C=N–C) groups is 1. The Morgan fingerprint density at radius 1 is 1.23 bits per heavy atom. The Balaban J connectivity index is 1.76. The van der Waals surface area contributed by atoms with Gasteiger partial charge in [0.05, 0.1) is 19.3 Å². The summed E-state index contributed by atoms with van der Waals surface area (Å²) in [7, 11) is 3.26. The molecule has 10 heteroatoms. The summed E-state index contributed by atoms with van der Waals surface area (Å²) in [5.41, 5.74) is 2.87. The smallest absolute Gasteiger partial charge is 0.270 e. The number of imide groups is 1. The minimum atomic E-state index is -0.822. The SMILES string of the molecule is Cc1nn(C2=[N+](C)C3C(=O)N(Cc4c(F)cccc4Cl)C(=O)N(C)C3=N2)c(C)c1C. The maximum Gasteiger partial charge on any atom is 0.421 e. The highest BCUT2D eigenvalue weighted by molar-refractivity contribution is 6.31. The minimum absolute atomic E-state index is 0.0914. The Hall–Kier alpha value is -3.07. The van der Waals surface area contributed by atoms with E-state index in [0.29, 0.717) is 11.8 Å². The predicted molar refractivity (Wildman–Crippen MR) is 109 cm³/mol. The normalized spacial score (nSPS) is 19.0. The number of halogens is 2. The second-order valence-corrected chi connectivity index (χ2v) is 7.86. The van der Waals surface area contributed by atoms with Crippen LogP contribution in [0.25, 0.3) is 0 Å². The number of carbonyl (C=O) groups excluding carboxylic acids is 2. The quantitative estimate of drug-likeness (QED) is 0.685. The van der Waals surface area contributed by atoms with E-state index in [1.807, 2.05) is 20.8 Å². The lowest BCUT2D eigenvalue weighted by Gasteiger charge is -2.33. The Morgan fingerprint density at radius 3 is 2.53 bits per heavy atom. The summed E-state index contributed by atoms with van der Waals surface area (Å²) < 4.78 is 17.6. The molecule has 1 atom stereocenters. The molecule has 0 bridgehead atoms. The number of aromatic nitrogens is 2. The number of amidine groups is 1. The van der Waals surface area contributed by atoms with Gasteiger partial charge >= 0.3 is 12.0 Å². The summed E-state index contributed by atoms with van der Waals surface area (Å²) in [6, 6.07) is 2.83. The lowest BCUT2D eigenvalue weighted by molar-refractivity contribution is -0.507. The zero-order chi connectivity index (χ0) is 21.9. The van der Waals surface area contributed by atoms with E-state index in [1.165, 1.54) is 23.1 Å². The standard InChI is InChI=1S/C20H21ClFN6O2/c1-10-11(2)24-28(12(10)3)19-23-17-16(25(19)4)18(29)27(20(30)26(17)5)9-13-14(21)7-6-8-15(13)22/h6-8,16H,9H2,1-5H3/q+1. The van der Waals surface area contributed by atoms with Crippen molar-refractivity contribution in [3.8, 4) is 0 Å². The second kappa shape index (κ2) is 7.02. The third-order valence-corrected chi connectivity index (χ3v) is 6.10. The first-order valence-electron chi connectivity index (χ1n) is 9.37. The fraction of sp³-hybridized carbons (Fsp3) is 0.350. The van der Waals surface area contributed by atoms with Crippen molar-refractivity contribution in [2.24, 2.45) is 4.99 Å². The molecule has 0 radical (unpaired) electrons. The molecule has 3 amide bonds. The van der Waals surface area contributed by atoms with Gasteiger partial charge < -0.3 is 0 Å². The van der Waals surface area contributed by atoms with Crippen LogP contribution >= 0.6 is 11.6 Å². The van der Waals surface area contributed by atoms with Gasteiger partial charge in [-0.1, -0.05) is 22.7 Å². The van der Waals surface area contributed by atoms with Crippen LogP contribution in [0.3, 0.4) is 0 Å². The third kappa shape index (κ3) is 2.84. The van der Waals surface area contributed by atoms with Gasteiger partial charge in [0.15, 0.2) is 0 Å². The number of fused-ring (bicyclic) bond motifs is 1. The summed E-state index contributed by atoms with van der Waals surface area (Å²) in [5.74, 6) is -0.312. The monoisotopic (exact) mass is 431 g/mol. The van der Waals surface area contributed by atoms with Crippen LogP contribution in [0, 0.1) is 26.6 Å². The second-order valence-electron chi connectivity index (χ2n) is 7.46. The van der Waals surface area contributed by atoms with Gasteiger partial charge in [-0.3, -0.25) is 14.6 Å². The number of benzene rings is 1. The minimum Gasteiger partial charge on any atom is -0.270 e. The Bertz CT molecular complexity index is 1150. The Kier molecular flexibility index (Phi) is 4.73. The number of hydrogen-bond acceptors (Lipinski definition) is 4. The largest absolute Gasteiger partial charge is 0.421 e. The highest BCUT2D eigenvalue weighted by Crippen LogP contribution is 2.26. The van der Waals surface area contributed by atoms with Gasteiger partial charge in [-0.2, -0.15) is 0 Å². The van der Waals surface area contributed by atoms with Crippen LogP contribution in [-0.2, 0) is 11.3 Å². The molecule has 1 fully saturated rings. The van der Waals surface area contributed by atoms with E-state index < -0.39 is 23.8 Å². The van der Waals surface area contributed by atoms with Gasteiger partial charge in [0, 0.05) is 23.2 Å². The van der Waals surface area contributed by atoms with Crippen molar-refractivity contribution in [1.29, 1.82) is 0 Å². The van der Waals surface area contributed by atoms with Gasteiger partial charge in [-0.25, -0.2) is 13.8 Å². The molecule has 1 saturated heterocycles. The molecule has 156 valence electrons. The molecule has 1 aromatic heterocycles. The van der Waals surface area contributed by atoms with E-state index in [9.17, 15) is 14.0 Å². The van der Waals surface area contributed by atoms with E-state index >= 15 is 0 Å². The lowest BCUT2D eigenvalue weighted by Crippen LogP contribution is -2.62. The topological polar surface area (TPSA) is 73.8 Å². The molecule has 0 saturated carbocycles. The molecule has 8 nitrogen and oxygen atoms in total. The van der Waals surface area contributed by atoms with E-state index in [0.717, 1.165) is 21.9 Å². The summed E-state index contributed by atoms with van der Waals surface area (Å²) in [6.45, 7) is 5.51. The molecular formula is C20H21ClFN6O2+. The molecular weight excluding hydrogens is 411 g/mol. The number of nitrogens with zero attached hydrogens (tertiary/aromatic N) is 6. The zero-order valence-electron chi connectivity index (χ0n) is 17.3. The van der Waals surface area contributed by atoms with Crippen molar-refractivity contribution in [2.45, 2.75) is 33.4 Å². The van der Waals surface area contributed by atoms with Gasteiger partial charge in [0.1, 0.15) is 11.5 Å². The highest BCUT2D eigenvalue weighted by Gasteiger charge is 2.52. The van der Waals surface area contributed by atoms with E-state index in [4.69, 9.17) is 11.6 Å². The van der Waals surface area contributed by atoms with E-state index in [1.54, 1.807) is 23.4 Å². The third-order valence-electron chi connectivity index (χ3n) is 5.74. The average Bonchev–Trinajstić information content (AvgIpc) is 3.17. The molecule has 30 heavy (non-hydrogen) atoms. The van der Waals surface area contributed by atoms with Crippen LogP contribution in [0.5, 0.6) is 0 Å². The summed E-state index contributed by atoms with van der Waals surface area (Å²) in [4.78, 5) is 33.1. The van der Waals surface area contributed by atoms with Crippen molar-refractivity contribution in [2.75, 3.05) is 14.1 Å². The number of likely N-dealkylation sites (N-methyl/N-ethyl adjacent to an activating group) is 2. The fourth-order valence-electron chi connectivity index (χ4n) is 3.69. The summed E-state index contributed by atoms with van der Waals surface area (Å²) in [6.07, 6.45) is 0. The number of hydrogen-bond donors (Lipinski definition) is 0. The molecule has 0 aliphatic carbocycles. The average molecular weight is 432 g/mol. The molecule has 2 aromatic rings. The predicted octanol–water partition coefficient (Wildman–Crippen LogP) is 2.32. The number of aryl methyl sites for hydroxylation is 1. The van der Waals surface area contributed by atoms with Crippen LogP contribution in [0.4, 0.5) is 9.18 Å². The molecule has 4 rings (SSSR count). The van der Waals surface area contributed by atoms with Crippen LogP contribution in [0.1, 0.15) is 22.5 Å². The van der Waals surface area contributed by atoms with Crippen LogP contribution in [-0.4, -0.2) is 68.0 Å². The van der Waals surface area contributed by atoms with E-state index in [-0.39, 0.29) is 17.1 Å². The Morgan fingerprint density at radius 2 is 1.93 bits per heavy atom. The van der Waals surface area contributed by atoms with Gasteiger partial charge in [-0.05, 0) is 32.9 Å². The van der Waals surface area contributed by atoms with Crippen molar-refractivity contribution < 1.29 is 18.6 Å². The maximum atomic E-state index is 14.3. The zero-order valence-corrected chi connectivity index (χ0v) is 18.0. The van der Waals surface area contributed by atoms with Crippen molar-refractivity contribution in [1.82, 2.24) is 19.6 Å². The lowest BCUT2D eigenvalue weighted by atomic mass is 10.1. The van der Waals surface area contributed by atoms with Gasteiger partial charge in [0.25, 0.3) is 5.91 Å². The van der Waals surface area contributed by atoms with Gasteiger partial charge in [-0.15, -0.1) is 9.78 Å². The first-order chi connectivity index (χ1) is 14.1. The molecule has 0 spiro atoms. The number of amides is 3. The van der Waals surface area contributed by atoms with E-state index in [2.05, 4.69) is 10.1 Å². The van der Waals surface area contributed by atoms with Crippen molar-refractivity contribution >= 4 is 35.3 Å². The van der Waals surface area contributed by atoms with Crippen molar-refractivity contribution in [3.05, 3.63) is 51.6 Å². The van der Waals surface area contributed by atoms with Crippen molar-refractivity contribution in [3.63, 3.8) is 0 Å². The Labute approximate surface area is 177 Å². The number of carbonyl (C=O) groups is 2. The molecule has 2 aliphatic heterocycles. The molecule has 1 unspecified atom stereocenters. The molecule has 2 aliphatic rings. The number of rotatable bonds is 2. The molecule has 1 aromatic carbocycles. The first-order valence-corrected chi connectivity index (χ1v) is 9.74. The van der Waals surface area contributed by atoms with Crippen LogP contribution < -0.4 is 0 Å². The van der Waals surface area contributed by atoms with Gasteiger partial charge in [0.2, 0.25) is 11.9 Å². The fourth-order valence-corrected chi connectivity index (χ4v) is 3.91.